The van der Waals surface area contributed by atoms with Crippen molar-refractivity contribution in [1.29, 1.82) is 0 Å². The van der Waals surface area contributed by atoms with Crippen LogP contribution in [0.4, 0.5) is 18.9 Å². The van der Waals surface area contributed by atoms with Gasteiger partial charge in [0.05, 0.1) is 12.7 Å². The summed E-state index contributed by atoms with van der Waals surface area (Å²) in [5.74, 6) is -0.122. The van der Waals surface area contributed by atoms with Crippen molar-refractivity contribution in [3.63, 3.8) is 0 Å². The van der Waals surface area contributed by atoms with Gasteiger partial charge in [-0.05, 0) is 37.5 Å². The Labute approximate surface area is 104 Å². The predicted molar refractivity (Wildman–Crippen MR) is 64.1 cm³/mol. The molecule has 1 aromatic rings. The van der Waals surface area contributed by atoms with Crippen molar-refractivity contribution in [3.05, 3.63) is 23.8 Å². The van der Waals surface area contributed by atoms with Crippen LogP contribution in [-0.4, -0.2) is 20.2 Å². The Morgan fingerprint density at radius 2 is 1.78 bits per heavy atom. The molecule has 1 aliphatic rings. The predicted octanol–water partition coefficient (Wildman–Crippen LogP) is 3.70. The Hall–Kier alpha value is -1.39. The standard InChI is InChI=1S/C13H16F3NO/c1-18-12-6-5-10(9-11(12)13(14,15)16)17-7-3-2-4-8-17/h5-6,9H,2-4,7-8H2,1H3. The van der Waals surface area contributed by atoms with E-state index in [1.54, 1.807) is 6.07 Å². The lowest BCUT2D eigenvalue weighted by Crippen LogP contribution is -2.29. The molecule has 1 aliphatic heterocycles. The molecule has 0 atom stereocenters. The van der Waals surface area contributed by atoms with Crippen LogP contribution in [0, 0.1) is 0 Å². The molecule has 0 amide bonds. The van der Waals surface area contributed by atoms with Crippen LogP contribution in [0.1, 0.15) is 24.8 Å². The summed E-state index contributed by atoms with van der Waals surface area (Å²) in [4.78, 5) is 2.00. The normalized spacial score (nSPS) is 16.8. The highest BCUT2D eigenvalue weighted by Gasteiger charge is 2.35. The molecule has 5 heteroatoms. The topological polar surface area (TPSA) is 12.5 Å². The third kappa shape index (κ3) is 2.71. The van der Waals surface area contributed by atoms with Gasteiger partial charge >= 0.3 is 6.18 Å². The molecule has 18 heavy (non-hydrogen) atoms. The number of hydrogen-bond acceptors (Lipinski definition) is 2. The van der Waals surface area contributed by atoms with Crippen molar-refractivity contribution in [2.75, 3.05) is 25.1 Å². The van der Waals surface area contributed by atoms with Gasteiger partial charge in [-0.15, -0.1) is 0 Å². The summed E-state index contributed by atoms with van der Waals surface area (Å²) >= 11 is 0. The number of anilines is 1. The number of piperidine rings is 1. The molecule has 100 valence electrons. The lowest BCUT2D eigenvalue weighted by Gasteiger charge is -2.29. The summed E-state index contributed by atoms with van der Waals surface area (Å²) in [5, 5.41) is 0. The minimum Gasteiger partial charge on any atom is -0.496 e. The highest BCUT2D eigenvalue weighted by molar-refractivity contribution is 5.54. The lowest BCUT2D eigenvalue weighted by atomic mass is 10.1. The Morgan fingerprint density at radius 1 is 1.11 bits per heavy atom. The van der Waals surface area contributed by atoms with Crippen LogP contribution in [0.15, 0.2) is 18.2 Å². The van der Waals surface area contributed by atoms with E-state index in [1.165, 1.54) is 19.2 Å². The highest BCUT2D eigenvalue weighted by atomic mass is 19.4. The number of nitrogens with zero attached hydrogens (tertiary/aromatic N) is 1. The molecular formula is C13H16F3NO. The van der Waals surface area contributed by atoms with Gasteiger partial charge in [-0.3, -0.25) is 0 Å². The van der Waals surface area contributed by atoms with Crippen molar-refractivity contribution in [2.24, 2.45) is 0 Å². The molecule has 0 spiro atoms. The average molecular weight is 259 g/mol. The minimum atomic E-state index is -4.38. The van der Waals surface area contributed by atoms with Crippen LogP contribution in [0.3, 0.4) is 0 Å². The third-order valence-corrected chi connectivity index (χ3v) is 3.21. The fraction of sp³-hybridized carbons (Fsp3) is 0.538. The van der Waals surface area contributed by atoms with E-state index < -0.39 is 11.7 Å². The van der Waals surface area contributed by atoms with Crippen molar-refractivity contribution < 1.29 is 17.9 Å². The van der Waals surface area contributed by atoms with Gasteiger partial charge in [0, 0.05) is 18.8 Å². The van der Waals surface area contributed by atoms with E-state index >= 15 is 0 Å². The Bertz CT molecular complexity index is 411. The number of methoxy groups -OCH3 is 1. The second-order valence-electron chi connectivity index (χ2n) is 4.43. The summed E-state index contributed by atoms with van der Waals surface area (Å²) < 4.78 is 43.4. The minimum absolute atomic E-state index is 0.122. The first-order valence-electron chi connectivity index (χ1n) is 6.02. The smallest absolute Gasteiger partial charge is 0.420 e. The molecule has 0 unspecified atom stereocenters. The Morgan fingerprint density at radius 3 is 2.33 bits per heavy atom. The van der Waals surface area contributed by atoms with E-state index in [9.17, 15) is 13.2 Å². The van der Waals surface area contributed by atoms with Crippen LogP contribution in [0.2, 0.25) is 0 Å². The summed E-state index contributed by atoms with van der Waals surface area (Å²) in [6.45, 7) is 1.65. The second kappa shape index (κ2) is 5.08. The summed E-state index contributed by atoms with van der Waals surface area (Å²) in [6.07, 6.45) is -1.16. The molecule has 0 aromatic heterocycles. The largest absolute Gasteiger partial charge is 0.496 e. The quantitative estimate of drug-likeness (QED) is 0.803. The molecule has 1 heterocycles. The number of benzene rings is 1. The van der Waals surface area contributed by atoms with E-state index in [4.69, 9.17) is 4.74 Å². The van der Waals surface area contributed by atoms with Gasteiger partial charge in [-0.1, -0.05) is 0 Å². The van der Waals surface area contributed by atoms with E-state index in [2.05, 4.69) is 0 Å². The first-order valence-corrected chi connectivity index (χ1v) is 6.02. The molecule has 0 saturated carbocycles. The van der Waals surface area contributed by atoms with Crippen LogP contribution in [0.25, 0.3) is 0 Å². The zero-order valence-corrected chi connectivity index (χ0v) is 10.3. The molecule has 1 saturated heterocycles. The first-order chi connectivity index (χ1) is 8.52. The molecule has 0 bridgehead atoms. The number of rotatable bonds is 2. The SMILES string of the molecule is COc1ccc(N2CCCCC2)cc1C(F)(F)F. The average Bonchev–Trinajstić information content (AvgIpc) is 2.38. The fourth-order valence-corrected chi connectivity index (χ4v) is 2.27. The van der Waals surface area contributed by atoms with Crippen LogP contribution in [0.5, 0.6) is 5.75 Å². The summed E-state index contributed by atoms with van der Waals surface area (Å²) in [7, 11) is 1.26. The van der Waals surface area contributed by atoms with Crippen molar-refractivity contribution in [1.82, 2.24) is 0 Å². The molecule has 0 N–H and O–H groups in total. The molecular weight excluding hydrogens is 243 g/mol. The molecule has 0 aliphatic carbocycles. The zero-order chi connectivity index (χ0) is 13.2. The monoisotopic (exact) mass is 259 g/mol. The van der Waals surface area contributed by atoms with E-state index in [0.29, 0.717) is 5.69 Å². The maximum absolute atomic E-state index is 12.9. The third-order valence-electron chi connectivity index (χ3n) is 3.21. The van der Waals surface area contributed by atoms with Crippen LogP contribution < -0.4 is 9.64 Å². The van der Waals surface area contributed by atoms with Gasteiger partial charge in [0.15, 0.2) is 0 Å². The molecule has 0 radical (unpaired) electrons. The van der Waals surface area contributed by atoms with Crippen LogP contribution in [-0.2, 0) is 6.18 Å². The van der Waals surface area contributed by atoms with E-state index in [-0.39, 0.29) is 5.75 Å². The van der Waals surface area contributed by atoms with Crippen molar-refractivity contribution >= 4 is 5.69 Å². The van der Waals surface area contributed by atoms with Gasteiger partial charge in [-0.25, -0.2) is 0 Å². The van der Waals surface area contributed by atoms with Gasteiger partial charge in [-0.2, -0.15) is 13.2 Å². The van der Waals surface area contributed by atoms with E-state index in [1.807, 2.05) is 4.90 Å². The second-order valence-corrected chi connectivity index (χ2v) is 4.43. The molecule has 2 nitrogen and oxygen atoms in total. The van der Waals surface area contributed by atoms with Gasteiger partial charge in [0.25, 0.3) is 0 Å². The van der Waals surface area contributed by atoms with E-state index in [0.717, 1.165) is 32.4 Å². The molecule has 2 rings (SSSR count). The number of halogens is 3. The maximum atomic E-state index is 12.9. The van der Waals surface area contributed by atoms with Gasteiger partial charge in [0.2, 0.25) is 0 Å². The maximum Gasteiger partial charge on any atom is 0.420 e. The van der Waals surface area contributed by atoms with Gasteiger partial charge in [0.1, 0.15) is 5.75 Å². The summed E-state index contributed by atoms with van der Waals surface area (Å²) in [6, 6.07) is 4.27. The number of alkyl halides is 3. The summed E-state index contributed by atoms with van der Waals surface area (Å²) in [5.41, 5.74) is -0.0732. The Kier molecular flexibility index (Phi) is 3.68. The lowest BCUT2D eigenvalue weighted by molar-refractivity contribution is -0.138. The fourth-order valence-electron chi connectivity index (χ4n) is 2.27. The highest BCUT2D eigenvalue weighted by Crippen LogP contribution is 2.38. The van der Waals surface area contributed by atoms with Gasteiger partial charge < -0.3 is 9.64 Å². The number of hydrogen-bond donors (Lipinski definition) is 0. The molecule has 1 aromatic carbocycles. The number of ether oxygens (including phenoxy) is 1. The van der Waals surface area contributed by atoms with Crippen molar-refractivity contribution in [2.45, 2.75) is 25.4 Å². The molecule has 1 fully saturated rings. The first kappa shape index (κ1) is 13.1. The Balaban J connectivity index is 2.33. The van der Waals surface area contributed by atoms with Crippen molar-refractivity contribution in [3.8, 4) is 5.75 Å². The van der Waals surface area contributed by atoms with Crippen LogP contribution >= 0.6 is 0 Å². The zero-order valence-electron chi connectivity index (χ0n) is 10.3.